The highest BCUT2D eigenvalue weighted by molar-refractivity contribution is 5.75. The van der Waals surface area contributed by atoms with E-state index < -0.39 is 0 Å². The zero-order valence-corrected chi connectivity index (χ0v) is 6.90. The van der Waals surface area contributed by atoms with E-state index in [1.54, 1.807) is 0 Å². The number of aromatic nitrogens is 4. The molecule has 1 aromatic rings. The lowest BCUT2D eigenvalue weighted by molar-refractivity contribution is -0.122. The van der Waals surface area contributed by atoms with Crippen molar-refractivity contribution >= 4 is 5.91 Å². The molecule has 0 atom stereocenters. The fourth-order valence-corrected chi connectivity index (χ4v) is 0.710. The van der Waals surface area contributed by atoms with Crippen LogP contribution in [0.1, 0.15) is 13.3 Å². The van der Waals surface area contributed by atoms with Gasteiger partial charge < -0.3 is 5.32 Å². The number of amides is 1. The first-order chi connectivity index (χ1) is 5.83. The van der Waals surface area contributed by atoms with E-state index in [0.717, 1.165) is 6.42 Å². The van der Waals surface area contributed by atoms with Crippen molar-refractivity contribution in [2.45, 2.75) is 19.9 Å². The Morgan fingerprint density at radius 2 is 2.50 bits per heavy atom. The molecule has 1 aromatic heterocycles. The Labute approximate surface area is 70.0 Å². The summed E-state index contributed by atoms with van der Waals surface area (Å²) in [6, 6.07) is 0. The molecule has 0 saturated heterocycles. The standard InChI is InChI=1S/C6H11N5O/c1-2-3-7-6(12)4-11-9-5-8-10-11/h5H,2-4H2,1H3,(H,7,12). The monoisotopic (exact) mass is 169 g/mol. The summed E-state index contributed by atoms with van der Waals surface area (Å²) in [6.07, 6.45) is 2.23. The number of hydrogen-bond donors (Lipinski definition) is 1. The van der Waals surface area contributed by atoms with Gasteiger partial charge in [-0.15, -0.1) is 10.2 Å². The second-order valence-corrected chi connectivity index (χ2v) is 2.32. The number of carbonyl (C=O) groups excluding carboxylic acids is 1. The van der Waals surface area contributed by atoms with Crippen LogP contribution in [0.5, 0.6) is 0 Å². The molecular weight excluding hydrogens is 158 g/mol. The van der Waals surface area contributed by atoms with Crippen LogP contribution >= 0.6 is 0 Å². The summed E-state index contributed by atoms with van der Waals surface area (Å²) in [7, 11) is 0. The normalized spacial score (nSPS) is 9.75. The maximum atomic E-state index is 11.0. The van der Waals surface area contributed by atoms with Crippen LogP contribution in [0.4, 0.5) is 0 Å². The molecule has 6 heteroatoms. The summed E-state index contributed by atoms with van der Waals surface area (Å²) in [6.45, 7) is 2.82. The van der Waals surface area contributed by atoms with E-state index in [-0.39, 0.29) is 12.5 Å². The van der Waals surface area contributed by atoms with Crippen LogP contribution in [-0.2, 0) is 11.3 Å². The van der Waals surface area contributed by atoms with Crippen molar-refractivity contribution in [2.24, 2.45) is 0 Å². The van der Waals surface area contributed by atoms with Gasteiger partial charge in [-0.1, -0.05) is 6.92 Å². The van der Waals surface area contributed by atoms with Gasteiger partial charge in [0.2, 0.25) is 5.91 Å². The second kappa shape index (κ2) is 4.42. The summed E-state index contributed by atoms with van der Waals surface area (Å²) in [5, 5.41) is 13.4. The molecule has 66 valence electrons. The average molecular weight is 169 g/mol. The molecule has 0 spiro atoms. The zero-order valence-electron chi connectivity index (χ0n) is 6.90. The molecule has 0 bridgehead atoms. The lowest BCUT2D eigenvalue weighted by Crippen LogP contribution is -2.28. The summed E-state index contributed by atoms with van der Waals surface area (Å²) in [5.74, 6) is -0.0881. The lowest BCUT2D eigenvalue weighted by Gasteiger charge is -2.00. The molecule has 6 nitrogen and oxygen atoms in total. The van der Waals surface area contributed by atoms with Gasteiger partial charge in [0, 0.05) is 6.54 Å². The first kappa shape index (κ1) is 8.63. The van der Waals surface area contributed by atoms with E-state index in [1.807, 2.05) is 6.92 Å². The van der Waals surface area contributed by atoms with E-state index in [0.29, 0.717) is 6.54 Å². The average Bonchev–Trinajstić information content (AvgIpc) is 2.53. The van der Waals surface area contributed by atoms with E-state index in [4.69, 9.17) is 0 Å². The molecule has 0 fully saturated rings. The second-order valence-electron chi connectivity index (χ2n) is 2.32. The van der Waals surface area contributed by atoms with Crippen molar-refractivity contribution in [1.29, 1.82) is 0 Å². The predicted molar refractivity (Wildman–Crippen MR) is 41.1 cm³/mol. The predicted octanol–water partition coefficient (Wildman–Crippen LogP) is -0.801. The van der Waals surface area contributed by atoms with Crippen molar-refractivity contribution in [1.82, 2.24) is 25.5 Å². The molecule has 0 aliphatic carbocycles. The lowest BCUT2D eigenvalue weighted by atomic mass is 10.4. The minimum absolute atomic E-state index is 0.0881. The van der Waals surface area contributed by atoms with Crippen LogP contribution in [0.15, 0.2) is 6.33 Å². The van der Waals surface area contributed by atoms with Gasteiger partial charge in [0.15, 0.2) is 6.33 Å². The maximum Gasteiger partial charge on any atom is 0.243 e. The minimum Gasteiger partial charge on any atom is -0.354 e. The van der Waals surface area contributed by atoms with Gasteiger partial charge in [-0.3, -0.25) is 4.79 Å². The van der Waals surface area contributed by atoms with Crippen molar-refractivity contribution in [3.63, 3.8) is 0 Å². The van der Waals surface area contributed by atoms with Crippen molar-refractivity contribution < 1.29 is 4.79 Å². The summed E-state index contributed by atoms with van der Waals surface area (Å²) in [5.41, 5.74) is 0. The quantitative estimate of drug-likeness (QED) is 0.640. The molecule has 1 rings (SSSR count). The summed E-state index contributed by atoms with van der Waals surface area (Å²) < 4.78 is 0. The Bertz CT molecular complexity index is 232. The van der Waals surface area contributed by atoms with Gasteiger partial charge in [-0.2, -0.15) is 4.80 Å². The molecule has 0 aromatic carbocycles. The van der Waals surface area contributed by atoms with Crippen LogP contribution in [0, 0.1) is 0 Å². The largest absolute Gasteiger partial charge is 0.354 e. The minimum atomic E-state index is -0.0881. The number of rotatable bonds is 4. The number of nitrogens with one attached hydrogen (secondary N) is 1. The van der Waals surface area contributed by atoms with Gasteiger partial charge in [0.25, 0.3) is 0 Å². The van der Waals surface area contributed by atoms with E-state index in [9.17, 15) is 4.79 Å². The zero-order chi connectivity index (χ0) is 8.81. The Balaban J connectivity index is 2.27. The van der Waals surface area contributed by atoms with Gasteiger partial charge >= 0.3 is 0 Å². The first-order valence-corrected chi connectivity index (χ1v) is 3.80. The Morgan fingerprint density at radius 3 is 3.08 bits per heavy atom. The molecule has 0 saturated carbocycles. The molecule has 1 N–H and O–H groups in total. The number of carbonyl (C=O) groups is 1. The highest BCUT2D eigenvalue weighted by atomic mass is 16.2. The summed E-state index contributed by atoms with van der Waals surface area (Å²) >= 11 is 0. The van der Waals surface area contributed by atoms with Gasteiger partial charge in [0.05, 0.1) is 0 Å². The maximum absolute atomic E-state index is 11.0. The molecular formula is C6H11N5O. The number of tetrazole rings is 1. The van der Waals surface area contributed by atoms with Gasteiger partial charge in [0.1, 0.15) is 6.54 Å². The number of nitrogens with zero attached hydrogens (tertiary/aromatic N) is 4. The van der Waals surface area contributed by atoms with E-state index in [2.05, 4.69) is 20.7 Å². The topological polar surface area (TPSA) is 72.7 Å². The third-order valence-electron chi connectivity index (χ3n) is 1.25. The van der Waals surface area contributed by atoms with Crippen LogP contribution in [0.3, 0.4) is 0 Å². The molecule has 1 amide bonds. The fraction of sp³-hybridized carbons (Fsp3) is 0.667. The van der Waals surface area contributed by atoms with Crippen molar-refractivity contribution in [3.05, 3.63) is 6.33 Å². The van der Waals surface area contributed by atoms with Crippen LogP contribution in [0.25, 0.3) is 0 Å². The molecule has 12 heavy (non-hydrogen) atoms. The van der Waals surface area contributed by atoms with Crippen LogP contribution in [0.2, 0.25) is 0 Å². The summed E-state index contributed by atoms with van der Waals surface area (Å²) in [4.78, 5) is 12.3. The first-order valence-electron chi connectivity index (χ1n) is 3.80. The van der Waals surface area contributed by atoms with Crippen LogP contribution < -0.4 is 5.32 Å². The van der Waals surface area contributed by atoms with Gasteiger partial charge in [-0.05, 0) is 11.6 Å². The molecule has 0 aliphatic heterocycles. The molecule has 0 radical (unpaired) electrons. The highest BCUT2D eigenvalue weighted by Crippen LogP contribution is 1.77. The molecule has 0 unspecified atom stereocenters. The smallest absolute Gasteiger partial charge is 0.243 e. The Morgan fingerprint density at radius 1 is 1.67 bits per heavy atom. The van der Waals surface area contributed by atoms with Gasteiger partial charge in [-0.25, -0.2) is 0 Å². The molecule has 0 aliphatic rings. The third-order valence-corrected chi connectivity index (χ3v) is 1.25. The van der Waals surface area contributed by atoms with E-state index in [1.165, 1.54) is 11.1 Å². The third kappa shape index (κ3) is 2.65. The van der Waals surface area contributed by atoms with Crippen molar-refractivity contribution in [3.8, 4) is 0 Å². The van der Waals surface area contributed by atoms with Crippen LogP contribution in [-0.4, -0.2) is 32.7 Å². The Kier molecular flexibility index (Phi) is 3.18. The number of hydrogen-bond acceptors (Lipinski definition) is 4. The Hall–Kier alpha value is -1.46. The fourth-order valence-electron chi connectivity index (χ4n) is 0.710. The SMILES string of the molecule is CCCNC(=O)Cn1ncnn1. The highest BCUT2D eigenvalue weighted by Gasteiger charge is 2.01. The van der Waals surface area contributed by atoms with E-state index >= 15 is 0 Å². The van der Waals surface area contributed by atoms with Crippen molar-refractivity contribution in [2.75, 3.05) is 6.54 Å². The molecule has 1 heterocycles.